The lowest BCUT2D eigenvalue weighted by Crippen LogP contribution is -2.42. The number of amides is 1. The minimum absolute atomic E-state index is 0.228. The lowest BCUT2D eigenvalue weighted by molar-refractivity contribution is -0.135. The highest BCUT2D eigenvalue weighted by atomic mass is 35.5. The lowest BCUT2D eigenvalue weighted by Gasteiger charge is -2.27. The number of hydrogen-bond acceptors (Lipinski definition) is 2. The van der Waals surface area contributed by atoms with Crippen LogP contribution in [-0.4, -0.2) is 35.1 Å². The molecular formula is C9H14ClNO2. The maximum Gasteiger partial charge on any atom is 0.248 e. The van der Waals surface area contributed by atoms with Crippen LogP contribution < -0.4 is 0 Å². The molecule has 0 saturated carbocycles. The number of rotatable bonds is 2. The zero-order valence-electron chi connectivity index (χ0n) is 7.75. The van der Waals surface area contributed by atoms with E-state index in [1.165, 1.54) is 6.92 Å². The molecule has 1 rings (SSSR count). The van der Waals surface area contributed by atoms with Gasteiger partial charge in [-0.1, -0.05) is 0 Å². The Balaban J connectivity index is 2.50. The van der Waals surface area contributed by atoms with Crippen LogP contribution in [0.3, 0.4) is 0 Å². The predicted molar refractivity (Wildman–Crippen MR) is 50.8 cm³/mol. The minimum atomic E-state index is -0.974. The maximum atomic E-state index is 11.5. The van der Waals surface area contributed by atoms with Crippen molar-refractivity contribution in [3.63, 3.8) is 0 Å². The molecule has 13 heavy (non-hydrogen) atoms. The van der Waals surface area contributed by atoms with Crippen molar-refractivity contribution in [3.8, 4) is 0 Å². The van der Waals surface area contributed by atoms with E-state index in [2.05, 4.69) is 0 Å². The quantitative estimate of drug-likeness (QED) is 0.500. The van der Waals surface area contributed by atoms with Crippen LogP contribution in [0.4, 0.5) is 0 Å². The minimum Gasteiger partial charge on any atom is -0.341 e. The molecule has 0 unspecified atom stereocenters. The van der Waals surface area contributed by atoms with Gasteiger partial charge < -0.3 is 4.90 Å². The van der Waals surface area contributed by atoms with Gasteiger partial charge in [-0.15, -0.1) is 11.6 Å². The predicted octanol–water partition coefficient (Wildman–Crippen LogP) is 1.20. The molecule has 1 amide bonds. The Morgan fingerprint density at radius 3 is 2.23 bits per heavy atom. The van der Waals surface area contributed by atoms with Gasteiger partial charge >= 0.3 is 0 Å². The van der Waals surface area contributed by atoms with Gasteiger partial charge in [0.1, 0.15) is 0 Å². The lowest BCUT2D eigenvalue weighted by atomic mass is 10.1. The number of hydrogen-bond donors (Lipinski definition) is 0. The van der Waals surface area contributed by atoms with Crippen LogP contribution >= 0.6 is 11.6 Å². The van der Waals surface area contributed by atoms with E-state index in [-0.39, 0.29) is 11.7 Å². The van der Waals surface area contributed by atoms with E-state index < -0.39 is 5.38 Å². The Morgan fingerprint density at radius 2 is 1.77 bits per heavy atom. The van der Waals surface area contributed by atoms with Crippen molar-refractivity contribution < 1.29 is 9.59 Å². The third kappa shape index (κ3) is 2.69. The number of likely N-dealkylation sites (tertiary alicyclic amines) is 1. The summed E-state index contributed by atoms with van der Waals surface area (Å²) in [7, 11) is 0. The molecule has 1 aliphatic heterocycles. The summed E-state index contributed by atoms with van der Waals surface area (Å²) in [6.07, 6.45) is 3.21. The summed E-state index contributed by atoms with van der Waals surface area (Å²) in [5.41, 5.74) is 0. The fraction of sp³-hybridized carbons (Fsp3) is 0.778. The maximum absolute atomic E-state index is 11.5. The smallest absolute Gasteiger partial charge is 0.248 e. The summed E-state index contributed by atoms with van der Waals surface area (Å²) in [4.78, 5) is 24.0. The third-order valence-corrected chi connectivity index (χ3v) is 2.74. The SMILES string of the molecule is CC(=O)[C@@H](Cl)C(=O)N1CCCCC1. The first kappa shape index (κ1) is 10.5. The second-order valence-corrected chi connectivity index (χ2v) is 3.80. The van der Waals surface area contributed by atoms with Gasteiger partial charge in [0, 0.05) is 13.1 Å². The van der Waals surface area contributed by atoms with Crippen molar-refractivity contribution in [1.29, 1.82) is 0 Å². The highest BCUT2D eigenvalue weighted by Crippen LogP contribution is 2.12. The number of piperidine rings is 1. The van der Waals surface area contributed by atoms with Crippen LogP contribution in [0.25, 0.3) is 0 Å². The van der Waals surface area contributed by atoms with Crippen molar-refractivity contribution in [1.82, 2.24) is 4.90 Å². The standard InChI is InChI=1S/C9H14ClNO2/c1-7(12)8(10)9(13)11-5-3-2-4-6-11/h8H,2-6H2,1H3/t8-/m1/s1. The summed E-state index contributed by atoms with van der Waals surface area (Å²) >= 11 is 5.66. The van der Waals surface area contributed by atoms with Gasteiger partial charge in [0.2, 0.25) is 5.91 Å². The van der Waals surface area contributed by atoms with Crippen LogP contribution in [0.2, 0.25) is 0 Å². The largest absolute Gasteiger partial charge is 0.341 e. The Kier molecular flexibility index (Phi) is 3.72. The molecular weight excluding hydrogens is 190 g/mol. The molecule has 1 heterocycles. The van der Waals surface area contributed by atoms with E-state index in [9.17, 15) is 9.59 Å². The summed E-state index contributed by atoms with van der Waals surface area (Å²) in [5, 5.41) is -0.974. The first-order valence-corrected chi connectivity index (χ1v) is 5.00. The molecule has 1 aliphatic rings. The molecule has 0 N–H and O–H groups in total. The van der Waals surface area contributed by atoms with E-state index >= 15 is 0 Å². The first-order chi connectivity index (χ1) is 6.13. The van der Waals surface area contributed by atoms with Crippen molar-refractivity contribution in [2.75, 3.05) is 13.1 Å². The number of carbonyl (C=O) groups excluding carboxylic acids is 2. The highest BCUT2D eigenvalue weighted by molar-refractivity contribution is 6.41. The molecule has 0 aliphatic carbocycles. The first-order valence-electron chi connectivity index (χ1n) is 4.56. The average Bonchev–Trinajstić information content (AvgIpc) is 2.17. The molecule has 0 aromatic carbocycles. The molecule has 3 nitrogen and oxygen atoms in total. The van der Waals surface area contributed by atoms with Gasteiger partial charge in [0.25, 0.3) is 0 Å². The van der Waals surface area contributed by atoms with Gasteiger partial charge in [-0.25, -0.2) is 0 Å². The molecule has 0 spiro atoms. The molecule has 1 atom stereocenters. The van der Waals surface area contributed by atoms with Crippen molar-refractivity contribution in [3.05, 3.63) is 0 Å². The van der Waals surface area contributed by atoms with Crippen LogP contribution in [0.5, 0.6) is 0 Å². The number of carbonyl (C=O) groups is 2. The normalized spacial score (nSPS) is 19.7. The summed E-state index contributed by atoms with van der Waals surface area (Å²) < 4.78 is 0. The number of halogens is 1. The van der Waals surface area contributed by atoms with Crippen molar-refractivity contribution in [2.24, 2.45) is 0 Å². The van der Waals surface area contributed by atoms with E-state index in [0.29, 0.717) is 0 Å². The van der Waals surface area contributed by atoms with Gasteiger partial charge in [-0.05, 0) is 26.2 Å². The van der Waals surface area contributed by atoms with Crippen LogP contribution in [0.15, 0.2) is 0 Å². The second-order valence-electron chi connectivity index (χ2n) is 3.36. The monoisotopic (exact) mass is 203 g/mol. The molecule has 4 heteroatoms. The number of alkyl halides is 1. The summed E-state index contributed by atoms with van der Waals surface area (Å²) in [6.45, 7) is 2.84. The molecule has 0 bridgehead atoms. The fourth-order valence-corrected chi connectivity index (χ4v) is 1.59. The van der Waals surface area contributed by atoms with E-state index in [4.69, 9.17) is 11.6 Å². The molecule has 74 valence electrons. The fourth-order valence-electron chi connectivity index (χ4n) is 1.45. The topological polar surface area (TPSA) is 37.4 Å². The van der Waals surface area contributed by atoms with Crippen molar-refractivity contribution in [2.45, 2.75) is 31.6 Å². The van der Waals surface area contributed by atoms with Gasteiger partial charge in [-0.2, -0.15) is 0 Å². The van der Waals surface area contributed by atoms with Crippen LogP contribution in [0.1, 0.15) is 26.2 Å². The second kappa shape index (κ2) is 4.61. The van der Waals surface area contributed by atoms with Gasteiger partial charge in [0.05, 0.1) is 0 Å². The number of Topliss-reactive ketones (excluding diaryl/α,β-unsaturated/α-hetero) is 1. The molecule has 0 aromatic heterocycles. The van der Waals surface area contributed by atoms with Gasteiger partial charge in [-0.3, -0.25) is 9.59 Å². The molecule has 0 radical (unpaired) electrons. The molecule has 0 aromatic rings. The summed E-state index contributed by atoms with van der Waals surface area (Å²) in [5.74, 6) is -0.494. The zero-order chi connectivity index (χ0) is 9.84. The highest BCUT2D eigenvalue weighted by Gasteiger charge is 2.26. The molecule has 1 fully saturated rings. The van der Waals surface area contributed by atoms with Gasteiger partial charge in [0.15, 0.2) is 11.2 Å². The number of nitrogens with zero attached hydrogens (tertiary/aromatic N) is 1. The summed E-state index contributed by atoms with van der Waals surface area (Å²) in [6, 6.07) is 0. The van der Waals surface area contributed by atoms with E-state index in [1.807, 2.05) is 0 Å². The zero-order valence-corrected chi connectivity index (χ0v) is 8.51. The molecule has 1 saturated heterocycles. The number of ketones is 1. The van der Waals surface area contributed by atoms with Crippen molar-refractivity contribution >= 4 is 23.3 Å². The van der Waals surface area contributed by atoms with Crippen LogP contribution in [-0.2, 0) is 9.59 Å². The average molecular weight is 204 g/mol. The third-order valence-electron chi connectivity index (χ3n) is 2.24. The Hall–Kier alpha value is -0.570. The van der Waals surface area contributed by atoms with E-state index in [0.717, 1.165) is 32.4 Å². The Morgan fingerprint density at radius 1 is 1.23 bits per heavy atom. The Labute approximate surface area is 83.0 Å². The van der Waals surface area contributed by atoms with E-state index in [1.54, 1.807) is 4.90 Å². The Bertz CT molecular complexity index is 212. The van der Waals surface area contributed by atoms with Crippen LogP contribution in [0, 0.1) is 0 Å².